The molecule has 1 heterocycles. The highest BCUT2D eigenvalue weighted by Gasteiger charge is 2.07. The van der Waals surface area contributed by atoms with Gasteiger partial charge in [-0.2, -0.15) is 0 Å². The number of carboxylic acids is 1. The van der Waals surface area contributed by atoms with Crippen molar-refractivity contribution < 1.29 is 14.6 Å². The van der Waals surface area contributed by atoms with E-state index in [1.807, 2.05) is 37.4 Å². The first-order valence-electron chi connectivity index (χ1n) is 6.58. The number of aromatic carboxylic acids is 1. The molecule has 2 rings (SSSR count). The summed E-state index contributed by atoms with van der Waals surface area (Å²) in [5.41, 5.74) is 2.14. The lowest BCUT2D eigenvalue weighted by Crippen LogP contribution is -2.17. The van der Waals surface area contributed by atoms with Crippen LogP contribution >= 0.6 is 0 Å². The molecular weight excluding hydrogens is 268 g/mol. The van der Waals surface area contributed by atoms with E-state index >= 15 is 0 Å². The van der Waals surface area contributed by atoms with Crippen molar-refractivity contribution in [2.24, 2.45) is 0 Å². The first-order chi connectivity index (χ1) is 10.1. The fourth-order valence-corrected chi connectivity index (χ4v) is 2.14. The Morgan fingerprint density at radius 3 is 2.62 bits per heavy atom. The summed E-state index contributed by atoms with van der Waals surface area (Å²) in [4.78, 5) is 16.8. The van der Waals surface area contributed by atoms with Crippen LogP contribution in [0.25, 0.3) is 0 Å². The molecule has 0 saturated heterocycles. The second-order valence-electron chi connectivity index (χ2n) is 4.88. The molecule has 0 amide bonds. The van der Waals surface area contributed by atoms with E-state index in [0.29, 0.717) is 6.54 Å². The monoisotopic (exact) mass is 286 g/mol. The Labute approximate surface area is 123 Å². The molecular formula is C16H18N2O3. The molecule has 1 aromatic heterocycles. The van der Waals surface area contributed by atoms with Gasteiger partial charge in [0.05, 0.1) is 7.11 Å². The highest BCUT2D eigenvalue weighted by atomic mass is 16.5. The highest BCUT2D eigenvalue weighted by Crippen LogP contribution is 2.15. The van der Waals surface area contributed by atoms with E-state index in [-0.39, 0.29) is 5.69 Å². The van der Waals surface area contributed by atoms with Gasteiger partial charge in [0.25, 0.3) is 0 Å². The minimum atomic E-state index is -1.01. The van der Waals surface area contributed by atoms with Crippen molar-refractivity contribution in [3.63, 3.8) is 0 Å². The van der Waals surface area contributed by atoms with Crippen LogP contribution in [0.1, 0.15) is 21.6 Å². The van der Waals surface area contributed by atoms with Crippen LogP contribution in [0, 0.1) is 0 Å². The molecule has 0 saturated carbocycles. The van der Waals surface area contributed by atoms with Crippen LogP contribution in [0.4, 0.5) is 0 Å². The van der Waals surface area contributed by atoms with Crippen LogP contribution in [-0.4, -0.2) is 35.1 Å². The first kappa shape index (κ1) is 15.0. The lowest BCUT2D eigenvalue weighted by Gasteiger charge is -2.17. The standard InChI is InChI=1S/C16H18N2O3/c1-18(10-12-4-3-5-14(8-12)21-2)11-13-6-7-17-15(9-13)16(19)20/h3-9H,10-11H2,1-2H3,(H,19,20). The molecule has 0 aliphatic carbocycles. The fourth-order valence-electron chi connectivity index (χ4n) is 2.14. The second kappa shape index (κ2) is 6.85. The molecule has 1 N–H and O–H groups in total. The van der Waals surface area contributed by atoms with Gasteiger partial charge in [0.15, 0.2) is 0 Å². The normalized spacial score (nSPS) is 10.6. The molecule has 0 bridgehead atoms. The van der Waals surface area contributed by atoms with E-state index < -0.39 is 5.97 Å². The highest BCUT2D eigenvalue weighted by molar-refractivity contribution is 5.85. The van der Waals surface area contributed by atoms with Crippen LogP contribution in [-0.2, 0) is 13.1 Å². The van der Waals surface area contributed by atoms with Gasteiger partial charge in [0, 0.05) is 19.3 Å². The van der Waals surface area contributed by atoms with Gasteiger partial charge in [-0.1, -0.05) is 12.1 Å². The molecule has 2 aromatic rings. The van der Waals surface area contributed by atoms with E-state index in [2.05, 4.69) is 9.88 Å². The van der Waals surface area contributed by atoms with E-state index in [0.717, 1.165) is 23.4 Å². The number of carbonyl (C=O) groups is 1. The van der Waals surface area contributed by atoms with Gasteiger partial charge < -0.3 is 9.84 Å². The Balaban J connectivity index is 2.02. The van der Waals surface area contributed by atoms with Crippen molar-refractivity contribution in [2.75, 3.05) is 14.2 Å². The van der Waals surface area contributed by atoms with Crippen molar-refractivity contribution >= 4 is 5.97 Å². The molecule has 0 atom stereocenters. The molecule has 1 aromatic carbocycles. The number of nitrogens with zero attached hydrogens (tertiary/aromatic N) is 2. The zero-order chi connectivity index (χ0) is 15.2. The number of hydrogen-bond acceptors (Lipinski definition) is 4. The largest absolute Gasteiger partial charge is 0.497 e. The Bertz CT molecular complexity index is 628. The number of carboxylic acid groups (broad SMARTS) is 1. The molecule has 0 unspecified atom stereocenters. The predicted octanol–water partition coefficient (Wildman–Crippen LogP) is 2.42. The summed E-state index contributed by atoms with van der Waals surface area (Å²) in [7, 11) is 3.63. The maximum Gasteiger partial charge on any atom is 0.354 e. The van der Waals surface area contributed by atoms with E-state index in [1.165, 1.54) is 6.20 Å². The lowest BCUT2D eigenvalue weighted by atomic mass is 10.1. The number of benzene rings is 1. The maximum atomic E-state index is 10.9. The predicted molar refractivity (Wildman–Crippen MR) is 79.4 cm³/mol. The van der Waals surface area contributed by atoms with Crippen LogP contribution in [0.3, 0.4) is 0 Å². The van der Waals surface area contributed by atoms with Crippen LogP contribution in [0.5, 0.6) is 5.75 Å². The topological polar surface area (TPSA) is 62.7 Å². The molecule has 5 nitrogen and oxygen atoms in total. The zero-order valence-corrected chi connectivity index (χ0v) is 12.1. The van der Waals surface area contributed by atoms with Gasteiger partial charge in [-0.05, 0) is 42.4 Å². The Morgan fingerprint density at radius 1 is 1.24 bits per heavy atom. The summed E-state index contributed by atoms with van der Waals surface area (Å²) in [5, 5.41) is 8.95. The number of ether oxygens (including phenoxy) is 1. The van der Waals surface area contributed by atoms with Gasteiger partial charge in [-0.3, -0.25) is 4.90 Å². The van der Waals surface area contributed by atoms with Gasteiger partial charge in [-0.25, -0.2) is 9.78 Å². The van der Waals surface area contributed by atoms with E-state index in [9.17, 15) is 4.79 Å². The van der Waals surface area contributed by atoms with E-state index in [4.69, 9.17) is 9.84 Å². The first-order valence-corrected chi connectivity index (χ1v) is 6.58. The number of hydrogen-bond donors (Lipinski definition) is 1. The number of methoxy groups -OCH3 is 1. The van der Waals surface area contributed by atoms with Crippen molar-refractivity contribution in [2.45, 2.75) is 13.1 Å². The molecule has 0 aliphatic rings. The summed E-state index contributed by atoms with van der Waals surface area (Å²) in [6.07, 6.45) is 1.53. The molecule has 0 radical (unpaired) electrons. The molecule has 5 heteroatoms. The van der Waals surface area contributed by atoms with Gasteiger partial charge in [0.2, 0.25) is 0 Å². The van der Waals surface area contributed by atoms with Gasteiger partial charge >= 0.3 is 5.97 Å². The van der Waals surface area contributed by atoms with Crippen LogP contribution in [0.15, 0.2) is 42.6 Å². The SMILES string of the molecule is COc1cccc(CN(C)Cc2ccnc(C(=O)O)c2)c1. The third kappa shape index (κ3) is 4.29. The van der Waals surface area contributed by atoms with E-state index in [1.54, 1.807) is 13.2 Å². The van der Waals surface area contributed by atoms with Gasteiger partial charge in [0.1, 0.15) is 11.4 Å². The Kier molecular flexibility index (Phi) is 4.90. The summed E-state index contributed by atoms with van der Waals surface area (Å²) >= 11 is 0. The average molecular weight is 286 g/mol. The average Bonchev–Trinajstić information content (AvgIpc) is 2.47. The molecule has 0 aliphatic heterocycles. The van der Waals surface area contributed by atoms with Gasteiger partial charge in [-0.15, -0.1) is 0 Å². The smallest absolute Gasteiger partial charge is 0.354 e. The summed E-state index contributed by atoms with van der Waals surface area (Å²) in [5.74, 6) is -0.176. The summed E-state index contributed by atoms with van der Waals surface area (Å²) in [6, 6.07) is 11.3. The minimum absolute atomic E-state index is 0.0716. The van der Waals surface area contributed by atoms with Crippen molar-refractivity contribution in [1.29, 1.82) is 0 Å². The van der Waals surface area contributed by atoms with Crippen molar-refractivity contribution in [3.05, 3.63) is 59.4 Å². The summed E-state index contributed by atoms with van der Waals surface area (Å²) < 4.78 is 5.20. The Morgan fingerprint density at radius 2 is 1.95 bits per heavy atom. The number of pyridine rings is 1. The third-order valence-electron chi connectivity index (χ3n) is 3.08. The maximum absolute atomic E-state index is 10.9. The Hall–Kier alpha value is -2.40. The molecule has 110 valence electrons. The second-order valence-corrected chi connectivity index (χ2v) is 4.88. The fraction of sp³-hybridized carbons (Fsp3) is 0.250. The molecule has 0 fully saturated rings. The molecule has 21 heavy (non-hydrogen) atoms. The zero-order valence-electron chi connectivity index (χ0n) is 12.1. The number of rotatable bonds is 6. The van der Waals surface area contributed by atoms with Crippen LogP contribution < -0.4 is 4.74 Å². The van der Waals surface area contributed by atoms with Crippen molar-refractivity contribution in [1.82, 2.24) is 9.88 Å². The minimum Gasteiger partial charge on any atom is -0.497 e. The molecule has 0 spiro atoms. The lowest BCUT2D eigenvalue weighted by molar-refractivity contribution is 0.0690. The number of aromatic nitrogens is 1. The summed E-state index contributed by atoms with van der Waals surface area (Å²) in [6.45, 7) is 1.40. The quantitative estimate of drug-likeness (QED) is 0.883. The third-order valence-corrected chi connectivity index (χ3v) is 3.08. The van der Waals surface area contributed by atoms with Crippen LogP contribution in [0.2, 0.25) is 0 Å². The van der Waals surface area contributed by atoms with Crippen molar-refractivity contribution in [3.8, 4) is 5.75 Å².